The molecule has 1 aliphatic carbocycles. The van der Waals surface area contributed by atoms with E-state index in [9.17, 15) is 0 Å². The summed E-state index contributed by atoms with van der Waals surface area (Å²) in [7, 11) is 1.85. The summed E-state index contributed by atoms with van der Waals surface area (Å²) in [6.07, 6.45) is 7.84. The number of halogens is 1. The Morgan fingerprint density at radius 2 is 2.00 bits per heavy atom. The van der Waals surface area contributed by atoms with Crippen LogP contribution < -0.4 is 10.6 Å². The fourth-order valence-corrected chi connectivity index (χ4v) is 2.62. The summed E-state index contributed by atoms with van der Waals surface area (Å²) >= 11 is 0. The molecule has 0 radical (unpaired) electrons. The Hall–Kier alpha value is -0.0400. The molecule has 1 heterocycles. The lowest BCUT2D eigenvalue weighted by molar-refractivity contribution is 0.186. The van der Waals surface area contributed by atoms with Crippen LogP contribution in [0.25, 0.3) is 0 Å². The normalized spacial score (nSPS) is 25.6. The van der Waals surface area contributed by atoms with Crippen LogP contribution >= 0.6 is 24.0 Å². The summed E-state index contributed by atoms with van der Waals surface area (Å²) < 4.78 is 5.37. The maximum atomic E-state index is 5.37. The third-order valence-electron chi connectivity index (χ3n) is 3.75. The third-order valence-corrected chi connectivity index (χ3v) is 3.75. The molecule has 0 aromatic carbocycles. The van der Waals surface area contributed by atoms with Crippen LogP contribution in [0.15, 0.2) is 4.99 Å². The van der Waals surface area contributed by atoms with Gasteiger partial charge in [0.1, 0.15) is 0 Å². The van der Waals surface area contributed by atoms with Gasteiger partial charge < -0.3 is 15.4 Å². The topological polar surface area (TPSA) is 45.7 Å². The number of rotatable bonds is 3. The monoisotopic (exact) mass is 367 g/mol. The molecule has 2 N–H and O–H groups in total. The Morgan fingerprint density at radius 1 is 1.22 bits per heavy atom. The van der Waals surface area contributed by atoms with Crippen molar-refractivity contribution >= 4 is 29.9 Å². The zero-order valence-electron chi connectivity index (χ0n) is 11.3. The van der Waals surface area contributed by atoms with Crippen molar-refractivity contribution in [2.45, 2.75) is 44.6 Å². The van der Waals surface area contributed by atoms with Crippen molar-refractivity contribution in [2.75, 3.05) is 26.8 Å². The van der Waals surface area contributed by atoms with E-state index in [2.05, 4.69) is 15.6 Å². The van der Waals surface area contributed by atoms with Crippen LogP contribution in [-0.2, 0) is 4.74 Å². The predicted octanol–water partition coefficient (Wildman–Crippen LogP) is 2.14. The highest BCUT2D eigenvalue weighted by molar-refractivity contribution is 14.0. The minimum Gasteiger partial charge on any atom is -0.381 e. The molecule has 5 heteroatoms. The molecule has 0 aromatic rings. The van der Waals surface area contributed by atoms with Crippen LogP contribution in [0, 0.1) is 5.92 Å². The van der Waals surface area contributed by atoms with Crippen LogP contribution in [0.1, 0.15) is 38.5 Å². The lowest BCUT2D eigenvalue weighted by Crippen LogP contribution is -2.45. The Bertz CT molecular complexity index is 249. The highest BCUT2D eigenvalue weighted by atomic mass is 127. The van der Waals surface area contributed by atoms with Crippen molar-refractivity contribution in [2.24, 2.45) is 10.9 Å². The maximum absolute atomic E-state index is 5.37. The summed E-state index contributed by atoms with van der Waals surface area (Å²) in [4.78, 5) is 4.30. The van der Waals surface area contributed by atoms with Gasteiger partial charge in [-0.3, -0.25) is 4.99 Å². The van der Waals surface area contributed by atoms with E-state index < -0.39 is 0 Å². The number of guanidine groups is 1. The first kappa shape index (κ1) is 16.0. The zero-order valence-corrected chi connectivity index (χ0v) is 13.6. The molecule has 0 aromatic heterocycles. The first-order valence-electron chi connectivity index (χ1n) is 6.93. The average Bonchev–Trinajstić information content (AvgIpc) is 2.89. The summed E-state index contributed by atoms with van der Waals surface area (Å²) in [5.41, 5.74) is 0. The molecule has 1 saturated carbocycles. The second-order valence-electron chi connectivity index (χ2n) is 5.16. The molecule has 2 fully saturated rings. The maximum Gasteiger partial charge on any atom is 0.191 e. The van der Waals surface area contributed by atoms with Gasteiger partial charge in [0.2, 0.25) is 0 Å². The Kier molecular flexibility index (Phi) is 7.97. The van der Waals surface area contributed by atoms with Crippen molar-refractivity contribution in [1.29, 1.82) is 0 Å². The largest absolute Gasteiger partial charge is 0.381 e. The van der Waals surface area contributed by atoms with Crippen LogP contribution in [0.3, 0.4) is 0 Å². The lowest BCUT2D eigenvalue weighted by atomic mass is 9.96. The second-order valence-corrected chi connectivity index (χ2v) is 5.16. The van der Waals surface area contributed by atoms with Gasteiger partial charge in [0.25, 0.3) is 0 Å². The van der Waals surface area contributed by atoms with Crippen molar-refractivity contribution in [3.8, 4) is 0 Å². The Labute approximate surface area is 127 Å². The third kappa shape index (κ3) is 5.30. The summed E-state index contributed by atoms with van der Waals surface area (Å²) in [6, 6.07) is 0.620. The van der Waals surface area contributed by atoms with E-state index in [4.69, 9.17) is 4.74 Å². The number of hydrogen-bond donors (Lipinski definition) is 2. The SMILES string of the molecule is CN=C(NCC1CCOC1)NC1CCCCC1.I. The molecule has 2 rings (SSSR count). The molecule has 1 aliphatic heterocycles. The van der Waals surface area contributed by atoms with Gasteiger partial charge >= 0.3 is 0 Å². The highest BCUT2D eigenvalue weighted by Gasteiger charge is 2.17. The Balaban J connectivity index is 0.00000162. The van der Waals surface area contributed by atoms with Crippen molar-refractivity contribution in [3.63, 3.8) is 0 Å². The van der Waals surface area contributed by atoms with Gasteiger partial charge in [-0.25, -0.2) is 0 Å². The van der Waals surface area contributed by atoms with E-state index >= 15 is 0 Å². The first-order valence-corrected chi connectivity index (χ1v) is 6.93. The second kappa shape index (κ2) is 8.96. The number of aliphatic imine (C=N–C) groups is 1. The van der Waals surface area contributed by atoms with Crippen LogP contribution in [0.5, 0.6) is 0 Å². The van der Waals surface area contributed by atoms with Gasteiger partial charge in [0, 0.05) is 32.2 Å². The van der Waals surface area contributed by atoms with E-state index in [1.165, 1.54) is 38.5 Å². The van der Waals surface area contributed by atoms with Crippen molar-refractivity contribution in [3.05, 3.63) is 0 Å². The van der Waals surface area contributed by atoms with Gasteiger partial charge in [-0.2, -0.15) is 0 Å². The predicted molar refractivity (Wildman–Crippen MR) is 85.7 cm³/mol. The zero-order chi connectivity index (χ0) is 11.9. The number of nitrogens with zero attached hydrogens (tertiary/aromatic N) is 1. The van der Waals surface area contributed by atoms with Crippen LogP contribution in [0.2, 0.25) is 0 Å². The number of hydrogen-bond acceptors (Lipinski definition) is 2. The minimum absolute atomic E-state index is 0. The fraction of sp³-hybridized carbons (Fsp3) is 0.923. The molecule has 2 aliphatic rings. The number of ether oxygens (including phenoxy) is 1. The van der Waals surface area contributed by atoms with Gasteiger partial charge in [-0.05, 0) is 19.3 Å². The summed E-state index contributed by atoms with van der Waals surface area (Å²) in [5, 5.41) is 6.95. The van der Waals surface area contributed by atoms with Crippen LogP contribution in [-0.4, -0.2) is 38.8 Å². The van der Waals surface area contributed by atoms with E-state index in [1.807, 2.05) is 7.05 Å². The summed E-state index contributed by atoms with van der Waals surface area (Å²) in [5.74, 6) is 1.61. The van der Waals surface area contributed by atoms with Gasteiger partial charge in [0.05, 0.1) is 6.61 Å². The van der Waals surface area contributed by atoms with E-state index in [0.29, 0.717) is 12.0 Å². The molecule has 1 saturated heterocycles. The van der Waals surface area contributed by atoms with Crippen molar-refractivity contribution in [1.82, 2.24) is 10.6 Å². The van der Waals surface area contributed by atoms with Gasteiger partial charge in [0.15, 0.2) is 5.96 Å². The molecule has 0 bridgehead atoms. The molecular weight excluding hydrogens is 341 g/mol. The standard InChI is InChI=1S/C13H25N3O.HI/c1-14-13(15-9-11-7-8-17-10-11)16-12-5-3-2-4-6-12;/h11-12H,2-10H2,1H3,(H2,14,15,16);1H. The van der Waals surface area contributed by atoms with E-state index in [1.54, 1.807) is 0 Å². The van der Waals surface area contributed by atoms with E-state index in [-0.39, 0.29) is 24.0 Å². The van der Waals surface area contributed by atoms with Crippen molar-refractivity contribution < 1.29 is 4.74 Å². The van der Waals surface area contributed by atoms with Gasteiger partial charge in [-0.1, -0.05) is 19.3 Å². The minimum atomic E-state index is 0. The fourth-order valence-electron chi connectivity index (χ4n) is 2.62. The van der Waals surface area contributed by atoms with E-state index in [0.717, 1.165) is 25.7 Å². The highest BCUT2D eigenvalue weighted by Crippen LogP contribution is 2.17. The number of nitrogens with one attached hydrogen (secondary N) is 2. The molecule has 18 heavy (non-hydrogen) atoms. The first-order chi connectivity index (χ1) is 8.38. The molecular formula is C13H26IN3O. The molecule has 4 nitrogen and oxygen atoms in total. The molecule has 1 atom stereocenters. The Morgan fingerprint density at radius 3 is 2.61 bits per heavy atom. The lowest BCUT2D eigenvalue weighted by Gasteiger charge is -2.25. The van der Waals surface area contributed by atoms with Gasteiger partial charge in [-0.15, -0.1) is 24.0 Å². The average molecular weight is 367 g/mol. The molecule has 0 amide bonds. The molecule has 1 unspecified atom stereocenters. The molecule has 0 spiro atoms. The summed E-state index contributed by atoms with van der Waals surface area (Å²) in [6.45, 7) is 2.79. The quantitative estimate of drug-likeness (QED) is 0.457. The smallest absolute Gasteiger partial charge is 0.191 e. The molecule has 106 valence electrons. The van der Waals surface area contributed by atoms with Crippen LogP contribution in [0.4, 0.5) is 0 Å².